The molecule has 2 aromatic carbocycles. The molecule has 0 N–H and O–H groups in total. The number of methoxy groups -OCH3 is 1. The zero-order valence-corrected chi connectivity index (χ0v) is 16.4. The molecule has 0 bridgehead atoms. The quantitative estimate of drug-likeness (QED) is 0.590. The highest BCUT2D eigenvalue weighted by Crippen LogP contribution is 2.36. The molecule has 2 aromatic rings. The lowest BCUT2D eigenvalue weighted by molar-refractivity contribution is 0.00578. The van der Waals surface area contributed by atoms with E-state index in [2.05, 4.69) is 64.1 Å². The van der Waals surface area contributed by atoms with Crippen molar-refractivity contribution >= 4 is 24.3 Å². The van der Waals surface area contributed by atoms with Gasteiger partial charge in [0.05, 0.1) is 18.3 Å². The molecule has 0 spiro atoms. The molecule has 0 saturated carbocycles. The third kappa shape index (κ3) is 4.05. The molecule has 0 unspecified atom stereocenters. The molecule has 1 saturated heterocycles. The van der Waals surface area contributed by atoms with Crippen LogP contribution < -0.4 is 10.2 Å². The van der Waals surface area contributed by atoms with Gasteiger partial charge in [-0.15, -0.1) is 11.8 Å². The van der Waals surface area contributed by atoms with Crippen molar-refractivity contribution < 1.29 is 14.0 Å². The number of hydrogen-bond donors (Lipinski definition) is 0. The minimum Gasteiger partial charge on any atom is -0.497 e. The van der Waals surface area contributed by atoms with Crippen molar-refractivity contribution in [3.63, 3.8) is 0 Å². The van der Waals surface area contributed by atoms with Crippen LogP contribution in [-0.2, 0) is 15.1 Å². The summed E-state index contributed by atoms with van der Waals surface area (Å²) in [5.74, 6) is 1.80. The summed E-state index contributed by atoms with van der Waals surface area (Å²) >= 11 is 1.81. The van der Waals surface area contributed by atoms with Gasteiger partial charge in [-0.2, -0.15) is 0 Å². The fourth-order valence-electron chi connectivity index (χ4n) is 2.62. The Morgan fingerprint density at radius 2 is 1.60 bits per heavy atom. The van der Waals surface area contributed by atoms with Crippen molar-refractivity contribution in [3.8, 4) is 5.75 Å². The summed E-state index contributed by atoms with van der Waals surface area (Å²) in [5, 5.41) is 0. The van der Waals surface area contributed by atoms with Gasteiger partial charge in [-0.25, -0.2) is 0 Å². The average Bonchev–Trinajstić information content (AvgIpc) is 2.81. The van der Waals surface area contributed by atoms with Gasteiger partial charge in [0.25, 0.3) is 0 Å². The van der Waals surface area contributed by atoms with E-state index in [0.29, 0.717) is 0 Å². The molecule has 3 nitrogen and oxygen atoms in total. The van der Waals surface area contributed by atoms with Crippen LogP contribution in [0.15, 0.2) is 53.4 Å². The maximum Gasteiger partial charge on any atom is 0.494 e. The molecule has 5 heteroatoms. The van der Waals surface area contributed by atoms with E-state index in [4.69, 9.17) is 14.0 Å². The van der Waals surface area contributed by atoms with Gasteiger partial charge in [0, 0.05) is 10.6 Å². The lowest BCUT2D eigenvalue weighted by Gasteiger charge is -2.32. The number of thioether (sulfide) groups is 1. The van der Waals surface area contributed by atoms with Crippen molar-refractivity contribution in [2.24, 2.45) is 0 Å². The SMILES string of the molecule is COc1ccc(CSc2cccc(B3OC(C)(C)C(C)(C)O3)c2)cc1. The molecule has 1 heterocycles. The van der Waals surface area contributed by atoms with E-state index >= 15 is 0 Å². The molecule has 0 aromatic heterocycles. The van der Waals surface area contributed by atoms with E-state index in [1.807, 2.05) is 23.9 Å². The van der Waals surface area contributed by atoms with Crippen molar-refractivity contribution in [2.45, 2.75) is 49.5 Å². The molecule has 1 aliphatic rings. The highest BCUT2D eigenvalue weighted by Gasteiger charge is 2.51. The number of hydrogen-bond acceptors (Lipinski definition) is 4. The summed E-state index contributed by atoms with van der Waals surface area (Å²) in [6.45, 7) is 8.31. The topological polar surface area (TPSA) is 27.7 Å². The van der Waals surface area contributed by atoms with Crippen LogP contribution in [0.5, 0.6) is 5.75 Å². The maximum absolute atomic E-state index is 6.15. The number of benzene rings is 2. The van der Waals surface area contributed by atoms with Gasteiger partial charge in [-0.3, -0.25) is 0 Å². The van der Waals surface area contributed by atoms with E-state index in [1.54, 1.807) is 7.11 Å². The van der Waals surface area contributed by atoms with E-state index < -0.39 is 0 Å². The fraction of sp³-hybridized carbons (Fsp3) is 0.400. The van der Waals surface area contributed by atoms with Gasteiger partial charge >= 0.3 is 7.12 Å². The maximum atomic E-state index is 6.15. The zero-order chi connectivity index (χ0) is 18.1. The van der Waals surface area contributed by atoms with Gasteiger partial charge in [0.1, 0.15) is 5.75 Å². The first-order chi connectivity index (χ1) is 11.8. The van der Waals surface area contributed by atoms with Crippen LogP contribution in [0.2, 0.25) is 0 Å². The number of rotatable bonds is 5. The van der Waals surface area contributed by atoms with Crippen molar-refractivity contribution in [1.82, 2.24) is 0 Å². The molecule has 0 aliphatic carbocycles. The highest BCUT2D eigenvalue weighted by molar-refractivity contribution is 7.98. The Hall–Kier alpha value is -1.43. The standard InChI is InChI=1S/C20H25BO3S/c1-19(2)20(3,4)24-21(23-19)16-7-6-8-18(13-16)25-14-15-9-11-17(22-5)12-10-15/h6-13H,14H2,1-5H3. The minimum atomic E-state index is -0.316. The van der Waals surface area contributed by atoms with Crippen molar-refractivity contribution in [1.29, 1.82) is 0 Å². The Labute approximate surface area is 155 Å². The van der Waals surface area contributed by atoms with Crippen LogP contribution in [0.1, 0.15) is 33.3 Å². The van der Waals surface area contributed by atoms with E-state index in [1.165, 1.54) is 10.5 Å². The monoisotopic (exact) mass is 356 g/mol. The van der Waals surface area contributed by atoms with Crippen LogP contribution in [0, 0.1) is 0 Å². The first kappa shape index (κ1) is 18.4. The normalized spacial score (nSPS) is 18.4. The average molecular weight is 356 g/mol. The summed E-state index contributed by atoms with van der Waals surface area (Å²) in [6.07, 6.45) is 0. The minimum absolute atomic E-state index is 0.313. The van der Waals surface area contributed by atoms with E-state index in [0.717, 1.165) is 17.0 Å². The largest absolute Gasteiger partial charge is 0.497 e. The predicted molar refractivity (Wildman–Crippen MR) is 105 cm³/mol. The zero-order valence-electron chi connectivity index (χ0n) is 15.5. The lowest BCUT2D eigenvalue weighted by Crippen LogP contribution is -2.41. The summed E-state index contributed by atoms with van der Waals surface area (Å²) in [6, 6.07) is 16.6. The summed E-state index contributed by atoms with van der Waals surface area (Å²) < 4.78 is 17.5. The Kier molecular flexibility index (Phi) is 5.19. The molecule has 1 aliphatic heterocycles. The fourth-order valence-corrected chi connectivity index (χ4v) is 3.54. The van der Waals surface area contributed by atoms with Gasteiger partial charge in [0.15, 0.2) is 0 Å². The van der Waals surface area contributed by atoms with Gasteiger partial charge in [-0.05, 0) is 63.0 Å². The predicted octanol–water partition coefficient (Wildman–Crippen LogP) is 4.29. The molecule has 0 amide bonds. The van der Waals surface area contributed by atoms with Crippen LogP contribution in [0.25, 0.3) is 0 Å². The highest BCUT2D eigenvalue weighted by atomic mass is 32.2. The smallest absolute Gasteiger partial charge is 0.494 e. The van der Waals surface area contributed by atoms with Crippen LogP contribution in [0.3, 0.4) is 0 Å². The third-order valence-electron chi connectivity index (χ3n) is 4.95. The lowest BCUT2D eigenvalue weighted by atomic mass is 9.79. The molecular formula is C20H25BO3S. The summed E-state index contributed by atoms with van der Waals surface area (Å²) in [4.78, 5) is 1.21. The first-order valence-electron chi connectivity index (χ1n) is 8.52. The molecule has 3 rings (SSSR count). The summed E-state index contributed by atoms with van der Waals surface area (Å²) in [7, 11) is 1.37. The Morgan fingerprint density at radius 1 is 0.960 bits per heavy atom. The molecule has 0 radical (unpaired) electrons. The molecule has 25 heavy (non-hydrogen) atoms. The second-order valence-electron chi connectivity index (χ2n) is 7.30. The molecule has 132 valence electrons. The number of ether oxygens (including phenoxy) is 1. The Bertz CT molecular complexity index is 712. The van der Waals surface area contributed by atoms with E-state index in [-0.39, 0.29) is 18.3 Å². The van der Waals surface area contributed by atoms with Gasteiger partial charge in [0.2, 0.25) is 0 Å². The first-order valence-corrected chi connectivity index (χ1v) is 9.51. The Balaban J connectivity index is 1.67. The second kappa shape index (κ2) is 7.06. The van der Waals surface area contributed by atoms with Crippen LogP contribution in [-0.4, -0.2) is 25.4 Å². The summed E-state index contributed by atoms with van der Waals surface area (Å²) in [5.41, 5.74) is 1.71. The van der Waals surface area contributed by atoms with Gasteiger partial charge < -0.3 is 14.0 Å². The molecule has 0 atom stereocenters. The van der Waals surface area contributed by atoms with Crippen LogP contribution in [0.4, 0.5) is 0 Å². The second-order valence-corrected chi connectivity index (χ2v) is 8.35. The Morgan fingerprint density at radius 3 is 2.20 bits per heavy atom. The van der Waals surface area contributed by atoms with E-state index in [9.17, 15) is 0 Å². The van der Waals surface area contributed by atoms with Gasteiger partial charge in [-0.1, -0.05) is 24.3 Å². The molecule has 1 fully saturated rings. The molecular weight excluding hydrogens is 331 g/mol. The van der Waals surface area contributed by atoms with Crippen molar-refractivity contribution in [3.05, 3.63) is 54.1 Å². The third-order valence-corrected chi connectivity index (χ3v) is 6.01. The van der Waals surface area contributed by atoms with Crippen LogP contribution >= 0.6 is 11.8 Å². The van der Waals surface area contributed by atoms with Crippen molar-refractivity contribution in [2.75, 3.05) is 7.11 Å².